The van der Waals surface area contributed by atoms with Gasteiger partial charge in [0.05, 0.1) is 5.69 Å². The van der Waals surface area contributed by atoms with Crippen molar-refractivity contribution in [2.75, 3.05) is 18.4 Å². The third kappa shape index (κ3) is 2.96. The maximum atomic E-state index is 4.23. The zero-order chi connectivity index (χ0) is 13.0. The molecule has 0 aliphatic rings. The standard InChI is InChI=1S/C14H20N4/c1-10(2)15-8-9-16-14-13-7-5-4-6-12(13)11(3)17-18-14/h4-7,10,15H,8-9H2,1-3H3,(H,16,18). The molecule has 0 saturated heterocycles. The predicted molar refractivity (Wildman–Crippen MR) is 75.9 cm³/mol. The van der Waals surface area contributed by atoms with Crippen molar-refractivity contribution >= 4 is 16.6 Å². The first-order valence-electron chi connectivity index (χ1n) is 6.38. The van der Waals surface area contributed by atoms with E-state index < -0.39 is 0 Å². The molecule has 0 bridgehead atoms. The Hall–Kier alpha value is -1.68. The lowest BCUT2D eigenvalue weighted by molar-refractivity contribution is 0.602. The fourth-order valence-corrected chi connectivity index (χ4v) is 1.91. The van der Waals surface area contributed by atoms with Crippen LogP contribution in [0.1, 0.15) is 19.5 Å². The maximum Gasteiger partial charge on any atom is 0.156 e. The Morgan fingerprint density at radius 1 is 1.06 bits per heavy atom. The monoisotopic (exact) mass is 244 g/mol. The van der Waals surface area contributed by atoms with Crippen LogP contribution in [0.4, 0.5) is 5.82 Å². The summed E-state index contributed by atoms with van der Waals surface area (Å²) in [5.74, 6) is 0.863. The lowest BCUT2D eigenvalue weighted by Gasteiger charge is -2.11. The largest absolute Gasteiger partial charge is 0.367 e. The average molecular weight is 244 g/mol. The molecule has 1 aromatic heterocycles. The minimum atomic E-state index is 0.507. The minimum Gasteiger partial charge on any atom is -0.367 e. The van der Waals surface area contributed by atoms with Crippen molar-refractivity contribution in [2.24, 2.45) is 0 Å². The highest BCUT2D eigenvalue weighted by atomic mass is 15.2. The van der Waals surface area contributed by atoms with Gasteiger partial charge in [0.2, 0.25) is 0 Å². The number of hydrogen-bond acceptors (Lipinski definition) is 4. The smallest absolute Gasteiger partial charge is 0.156 e. The SMILES string of the molecule is Cc1nnc(NCCNC(C)C)c2ccccc12. The topological polar surface area (TPSA) is 49.8 Å². The van der Waals surface area contributed by atoms with Crippen molar-refractivity contribution in [3.63, 3.8) is 0 Å². The zero-order valence-corrected chi connectivity index (χ0v) is 11.2. The Morgan fingerprint density at radius 3 is 2.50 bits per heavy atom. The van der Waals surface area contributed by atoms with E-state index >= 15 is 0 Å². The average Bonchev–Trinajstić information content (AvgIpc) is 2.37. The van der Waals surface area contributed by atoms with Crippen molar-refractivity contribution in [3.8, 4) is 0 Å². The molecule has 18 heavy (non-hydrogen) atoms. The van der Waals surface area contributed by atoms with E-state index in [2.05, 4.69) is 46.8 Å². The van der Waals surface area contributed by atoms with Gasteiger partial charge >= 0.3 is 0 Å². The Kier molecular flexibility index (Phi) is 4.10. The molecule has 0 amide bonds. The van der Waals surface area contributed by atoms with E-state index in [0.29, 0.717) is 6.04 Å². The van der Waals surface area contributed by atoms with E-state index in [-0.39, 0.29) is 0 Å². The van der Waals surface area contributed by atoms with Crippen LogP contribution in [0.25, 0.3) is 10.8 Å². The normalized spacial score (nSPS) is 11.1. The number of fused-ring (bicyclic) bond motifs is 1. The summed E-state index contributed by atoms with van der Waals surface area (Å²) in [4.78, 5) is 0. The van der Waals surface area contributed by atoms with E-state index in [9.17, 15) is 0 Å². The van der Waals surface area contributed by atoms with Gasteiger partial charge in [-0.3, -0.25) is 0 Å². The summed E-state index contributed by atoms with van der Waals surface area (Å²) in [5, 5.41) is 17.4. The summed E-state index contributed by atoms with van der Waals surface area (Å²) in [6.45, 7) is 8.03. The van der Waals surface area contributed by atoms with Gasteiger partial charge in [-0.25, -0.2) is 0 Å². The first-order chi connectivity index (χ1) is 8.68. The molecular weight excluding hydrogens is 224 g/mol. The first-order valence-corrected chi connectivity index (χ1v) is 6.38. The third-order valence-electron chi connectivity index (χ3n) is 2.84. The molecule has 0 saturated carbocycles. The van der Waals surface area contributed by atoms with Crippen LogP contribution in [0, 0.1) is 6.92 Å². The predicted octanol–water partition coefficient (Wildman–Crippen LogP) is 2.35. The number of nitrogens with zero attached hydrogens (tertiary/aromatic N) is 2. The molecule has 0 fully saturated rings. The van der Waals surface area contributed by atoms with Gasteiger partial charge in [-0.15, -0.1) is 5.10 Å². The summed E-state index contributed by atoms with van der Waals surface area (Å²) in [5.41, 5.74) is 0.969. The molecule has 1 heterocycles. The van der Waals surface area contributed by atoms with Gasteiger partial charge in [0.25, 0.3) is 0 Å². The molecule has 0 spiro atoms. The quantitative estimate of drug-likeness (QED) is 0.793. The number of aromatic nitrogens is 2. The third-order valence-corrected chi connectivity index (χ3v) is 2.84. The highest BCUT2D eigenvalue weighted by Crippen LogP contribution is 2.21. The Balaban J connectivity index is 2.11. The van der Waals surface area contributed by atoms with Crippen molar-refractivity contribution in [2.45, 2.75) is 26.8 Å². The Labute approximate surface area is 108 Å². The van der Waals surface area contributed by atoms with Crippen LogP contribution in [-0.2, 0) is 0 Å². The fraction of sp³-hybridized carbons (Fsp3) is 0.429. The van der Waals surface area contributed by atoms with Gasteiger partial charge in [-0.1, -0.05) is 38.1 Å². The van der Waals surface area contributed by atoms with Crippen LogP contribution >= 0.6 is 0 Å². The van der Waals surface area contributed by atoms with Crippen molar-refractivity contribution < 1.29 is 0 Å². The second kappa shape index (κ2) is 5.78. The van der Waals surface area contributed by atoms with Crippen LogP contribution in [0.15, 0.2) is 24.3 Å². The minimum absolute atomic E-state index is 0.507. The molecule has 2 aromatic rings. The Bertz CT molecular complexity index is 522. The molecule has 0 radical (unpaired) electrons. The first kappa shape index (κ1) is 12.8. The van der Waals surface area contributed by atoms with Crippen molar-refractivity contribution in [3.05, 3.63) is 30.0 Å². The second-order valence-electron chi connectivity index (χ2n) is 4.72. The van der Waals surface area contributed by atoms with E-state index in [1.54, 1.807) is 0 Å². The molecule has 2 N–H and O–H groups in total. The van der Waals surface area contributed by atoms with Gasteiger partial charge in [-0.2, -0.15) is 5.10 Å². The van der Waals surface area contributed by atoms with Gasteiger partial charge < -0.3 is 10.6 Å². The van der Waals surface area contributed by atoms with Gasteiger partial charge in [-0.05, 0) is 6.92 Å². The molecule has 2 rings (SSSR count). The van der Waals surface area contributed by atoms with E-state index in [1.165, 1.54) is 0 Å². The van der Waals surface area contributed by atoms with Crippen molar-refractivity contribution in [1.29, 1.82) is 0 Å². The number of rotatable bonds is 5. The molecule has 0 unspecified atom stereocenters. The van der Waals surface area contributed by atoms with Gasteiger partial charge in [0, 0.05) is 29.9 Å². The van der Waals surface area contributed by atoms with Gasteiger partial charge in [0.15, 0.2) is 5.82 Å². The summed E-state index contributed by atoms with van der Waals surface area (Å²) >= 11 is 0. The summed E-state index contributed by atoms with van der Waals surface area (Å²) < 4.78 is 0. The molecule has 4 nitrogen and oxygen atoms in total. The summed E-state index contributed by atoms with van der Waals surface area (Å²) in [7, 11) is 0. The number of benzene rings is 1. The zero-order valence-electron chi connectivity index (χ0n) is 11.2. The molecule has 0 aliphatic heterocycles. The second-order valence-corrected chi connectivity index (χ2v) is 4.72. The van der Waals surface area contributed by atoms with Crippen LogP contribution in [-0.4, -0.2) is 29.3 Å². The lowest BCUT2D eigenvalue weighted by atomic mass is 10.1. The summed E-state index contributed by atoms with van der Waals surface area (Å²) in [6, 6.07) is 8.72. The summed E-state index contributed by atoms with van der Waals surface area (Å²) in [6.07, 6.45) is 0. The van der Waals surface area contributed by atoms with Gasteiger partial charge in [0.1, 0.15) is 0 Å². The number of aryl methyl sites for hydroxylation is 1. The highest BCUT2D eigenvalue weighted by Gasteiger charge is 2.05. The number of nitrogens with one attached hydrogen (secondary N) is 2. The van der Waals surface area contributed by atoms with Crippen LogP contribution in [0.5, 0.6) is 0 Å². The molecule has 96 valence electrons. The number of hydrogen-bond donors (Lipinski definition) is 2. The lowest BCUT2D eigenvalue weighted by Crippen LogP contribution is -2.28. The molecular formula is C14H20N4. The van der Waals surface area contributed by atoms with E-state index in [1.807, 2.05) is 19.1 Å². The number of anilines is 1. The van der Waals surface area contributed by atoms with E-state index in [0.717, 1.165) is 35.4 Å². The fourth-order valence-electron chi connectivity index (χ4n) is 1.91. The molecule has 0 aliphatic carbocycles. The molecule has 4 heteroatoms. The van der Waals surface area contributed by atoms with Crippen LogP contribution in [0.2, 0.25) is 0 Å². The molecule has 1 aromatic carbocycles. The van der Waals surface area contributed by atoms with Crippen LogP contribution < -0.4 is 10.6 Å². The highest BCUT2D eigenvalue weighted by molar-refractivity contribution is 5.92. The van der Waals surface area contributed by atoms with Crippen LogP contribution in [0.3, 0.4) is 0 Å². The Morgan fingerprint density at radius 2 is 1.78 bits per heavy atom. The maximum absolute atomic E-state index is 4.23. The van der Waals surface area contributed by atoms with E-state index in [4.69, 9.17) is 0 Å². The molecule has 0 atom stereocenters. The van der Waals surface area contributed by atoms with Crippen molar-refractivity contribution in [1.82, 2.24) is 15.5 Å².